The Balaban J connectivity index is 1.86. The highest BCUT2D eigenvalue weighted by Crippen LogP contribution is 2.37. The normalized spacial score (nSPS) is 10.7. The summed E-state index contributed by atoms with van der Waals surface area (Å²) < 4.78 is 1.78. The van der Waals surface area contributed by atoms with Crippen LogP contribution in [0.5, 0.6) is 0 Å². The van der Waals surface area contributed by atoms with Crippen LogP contribution < -0.4 is 0 Å². The molecule has 1 aromatic heterocycles. The Bertz CT molecular complexity index is 1310. The van der Waals surface area contributed by atoms with Gasteiger partial charge in [-0.15, -0.1) is 0 Å². The molecular weight excluding hydrogens is 380 g/mol. The number of para-hydroxylation sites is 1. The van der Waals surface area contributed by atoms with E-state index in [4.69, 9.17) is 5.10 Å². The standard InChI is InChI=1S/C28H20N2O/c31-28(23-17-9-3-10-18-23)27-25(21-13-5-1-6-14-21)26(22-15-7-2-8-16-22)29-30(27)24-19-11-4-12-20-24/h1-20H. The van der Waals surface area contributed by atoms with Gasteiger partial charge in [0, 0.05) is 16.7 Å². The van der Waals surface area contributed by atoms with E-state index in [1.807, 2.05) is 121 Å². The SMILES string of the molecule is O=C(c1ccccc1)c1c(-c2ccccc2)c(-c2ccccc2)nn1-c1ccccc1. The van der Waals surface area contributed by atoms with Crippen LogP contribution in [0.2, 0.25) is 0 Å². The van der Waals surface area contributed by atoms with Crippen molar-refractivity contribution in [2.45, 2.75) is 0 Å². The van der Waals surface area contributed by atoms with Gasteiger partial charge in [0.1, 0.15) is 11.4 Å². The highest BCUT2D eigenvalue weighted by Gasteiger charge is 2.27. The average Bonchev–Trinajstić information content (AvgIpc) is 3.26. The predicted molar refractivity (Wildman–Crippen MR) is 124 cm³/mol. The van der Waals surface area contributed by atoms with Crippen molar-refractivity contribution in [2.75, 3.05) is 0 Å². The average molecular weight is 400 g/mol. The zero-order valence-electron chi connectivity index (χ0n) is 16.8. The van der Waals surface area contributed by atoms with Crippen LogP contribution in [0.15, 0.2) is 121 Å². The molecule has 4 aromatic carbocycles. The van der Waals surface area contributed by atoms with Crippen LogP contribution >= 0.6 is 0 Å². The van der Waals surface area contributed by atoms with Gasteiger partial charge in [-0.1, -0.05) is 109 Å². The largest absolute Gasteiger partial charge is 0.287 e. The van der Waals surface area contributed by atoms with Gasteiger partial charge in [0.05, 0.1) is 5.69 Å². The molecule has 0 radical (unpaired) electrons. The van der Waals surface area contributed by atoms with Crippen LogP contribution in [0.3, 0.4) is 0 Å². The summed E-state index contributed by atoms with van der Waals surface area (Å²) >= 11 is 0. The van der Waals surface area contributed by atoms with Gasteiger partial charge >= 0.3 is 0 Å². The van der Waals surface area contributed by atoms with Crippen molar-refractivity contribution >= 4 is 5.78 Å². The summed E-state index contributed by atoms with van der Waals surface area (Å²) in [6.45, 7) is 0. The Morgan fingerprint density at radius 3 is 1.65 bits per heavy atom. The first-order valence-corrected chi connectivity index (χ1v) is 10.2. The Morgan fingerprint density at radius 1 is 0.581 bits per heavy atom. The molecule has 0 aliphatic heterocycles. The van der Waals surface area contributed by atoms with E-state index in [1.54, 1.807) is 4.68 Å². The Kier molecular flexibility index (Phi) is 4.99. The molecule has 0 atom stereocenters. The summed E-state index contributed by atoms with van der Waals surface area (Å²) in [5, 5.41) is 4.97. The van der Waals surface area contributed by atoms with E-state index in [0.717, 1.165) is 28.1 Å². The van der Waals surface area contributed by atoms with E-state index in [0.29, 0.717) is 11.3 Å². The highest BCUT2D eigenvalue weighted by atomic mass is 16.1. The number of aromatic nitrogens is 2. The number of nitrogens with zero attached hydrogens (tertiary/aromatic N) is 2. The van der Waals surface area contributed by atoms with Gasteiger partial charge in [-0.25, -0.2) is 4.68 Å². The summed E-state index contributed by atoms with van der Waals surface area (Å²) in [5.74, 6) is -0.0574. The number of benzene rings is 4. The number of carbonyl (C=O) groups is 1. The maximum atomic E-state index is 13.8. The van der Waals surface area contributed by atoms with Crippen molar-refractivity contribution in [2.24, 2.45) is 0 Å². The first-order valence-electron chi connectivity index (χ1n) is 10.2. The molecule has 3 heteroatoms. The maximum absolute atomic E-state index is 13.8. The predicted octanol–water partition coefficient (Wildman–Crippen LogP) is 6.44. The van der Waals surface area contributed by atoms with Crippen molar-refractivity contribution in [1.29, 1.82) is 0 Å². The first-order chi connectivity index (χ1) is 15.3. The lowest BCUT2D eigenvalue weighted by molar-refractivity contribution is 0.103. The Labute approximate surface area is 181 Å². The van der Waals surface area contributed by atoms with Crippen molar-refractivity contribution < 1.29 is 4.79 Å². The number of ketones is 1. The summed E-state index contributed by atoms with van der Waals surface area (Å²) in [4.78, 5) is 13.8. The monoisotopic (exact) mass is 400 g/mol. The molecule has 31 heavy (non-hydrogen) atoms. The maximum Gasteiger partial charge on any atom is 0.212 e. The van der Waals surface area contributed by atoms with Gasteiger partial charge in [0.15, 0.2) is 0 Å². The van der Waals surface area contributed by atoms with Crippen molar-refractivity contribution in [3.63, 3.8) is 0 Å². The molecule has 148 valence electrons. The number of hydrogen-bond acceptors (Lipinski definition) is 2. The lowest BCUT2D eigenvalue weighted by Crippen LogP contribution is -2.11. The number of carbonyl (C=O) groups excluding carboxylic acids is 1. The Hall–Kier alpha value is -4.24. The molecule has 5 rings (SSSR count). The third-order valence-corrected chi connectivity index (χ3v) is 5.25. The van der Waals surface area contributed by atoms with E-state index in [2.05, 4.69) is 0 Å². The molecule has 0 spiro atoms. The molecular formula is C28H20N2O. The van der Waals surface area contributed by atoms with Crippen LogP contribution in [0.25, 0.3) is 28.1 Å². The zero-order valence-corrected chi connectivity index (χ0v) is 16.8. The van der Waals surface area contributed by atoms with Crippen molar-refractivity contribution in [3.8, 4) is 28.1 Å². The minimum absolute atomic E-state index is 0.0574. The zero-order chi connectivity index (χ0) is 21.0. The van der Waals surface area contributed by atoms with E-state index in [9.17, 15) is 4.79 Å². The quantitative estimate of drug-likeness (QED) is 0.318. The minimum atomic E-state index is -0.0574. The van der Waals surface area contributed by atoms with Gasteiger partial charge in [0.25, 0.3) is 0 Å². The molecule has 5 aromatic rings. The fourth-order valence-electron chi connectivity index (χ4n) is 3.79. The molecule has 0 bridgehead atoms. The second-order valence-corrected chi connectivity index (χ2v) is 7.25. The molecule has 0 aliphatic rings. The lowest BCUT2D eigenvalue weighted by Gasteiger charge is -2.10. The smallest absolute Gasteiger partial charge is 0.212 e. The van der Waals surface area contributed by atoms with Gasteiger partial charge < -0.3 is 0 Å². The molecule has 0 aliphatic carbocycles. The molecule has 3 nitrogen and oxygen atoms in total. The molecule has 0 amide bonds. The van der Waals surface area contributed by atoms with Gasteiger partial charge in [-0.05, 0) is 17.7 Å². The van der Waals surface area contributed by atoms with Crippen molar-refractivity contribution in [1.82, 2.24) is 9.78 Å². The molecule has 0 N–H and O–H groups in total. The van der Waals surface area contributed by atoms with Gasteiger partial charge in [0.2, 0.25) is 5.78 Å². The second kappa shape index (κ2) is 8.25. The molecule has 0 saturated heterocycles. The summed E-state index contributed by atoms with van der Waals surface area (Å²) in [6, 6.07) is 39.2. The summed E-state index contributed by atoms with van der Waals surface area (Å²) in [5.41, 5.74) is 5.60. The molecule has 0 saturated carbocycles. The molecule has 0 unspecified atom stereocenters. The third kappa shape index (κ3) is 3.58. The van der Waals surface area contributed by atoms with Crippen LogP contribution in [0, 0.1) is 0 Å². The fourth-order valence-corrected chi connectivity index (χ4v) is 3.79. The van der Waals surface area contributed by atoms with Gasteiger partial charge in [-0.2, -0.15) is 5.10 Å². The summed E-state index contributed by atoms with van der Waals surface area (Å²) in [6.07, 6.45) is 0. The third-order valence-electron chi connectivity index (χ3n) is 5.25. The first kappa shape index (κ1) is 18.8. The van der Waals surface area contributed by atoms with Crippen LogP contribution in [0.1, 0.15) is 16.1 Å². The summed E-state index contributed by atoms with van der Waals surface area (Å²) in [7, 11) is 0. The number of hydrogen-bond donors (Lipinski definition) is 0. The van der Waals surface area contributed by atoms with Crippen LogP contribution in [-0.2, 0) is 0 Å². The minimum Gasteiger partial charge on any atom is -0.287 e. The number of rotatable bonds is 5. The lowest BCUT2D eigenvalue weighted by atomic mass is 9.95. The topological polar surface area (TPSA) is 34.9 Å². The van der Waals surface area contributed by atoms with E-state index < -0.39 is 0 Å². The highest BCUT2D eigenvalue weighted by molar-refractivity contribution is 6.13. The second-order valence-electron chi connectivity index (χ2n) is 7.25. The van der Waals surface area contributed by atoms with E-state index >= 15 is 0 Å². The Morgan fingerprint density at radius 2 is 1.06 bits per heavy atom. The van der Waals surface area contributed by atoms with Crippen LogP contribution in [0.4, 0.5) is 0 Å². The van der Waals surface area contributed by atoms with E-state index in [1.165, 1.54) is 0 Å². The van der Waals surface area contributed by atoms with E-state index in [-0.39, 0.29) is 5.78 Å². The van der Waals surface area contributed by atoms with Gasteiger partial charge in [-0.3, -0.25) is 4.79 Å². The molecule has 0 fully saturated rings. The van der Waals surface area contributed by atoms with Crippen LogP contribution in [-0.4, -0.2) is 15.6 Å². The fraction of sp³-hybridized carbons (Fsp3) is 0. The van der Waals surface area contributed by atoms with Crippen molar-refractivity contribution in [3.05, 3.63) is 133 Å². The molecule has 1 heterocycles.